The van der Waals surface area contributed by atoms with Crippen LogP contribution in [0.5, 0.6) is 0 Å². The fourth-order valence-electron chi connectivity index (χ4n) is 1.48. The molecule has 0 radical (unpaired) electrons. The highest BCUT2D eigenvalue weighted by Crippen LogP contribution is 2.23. The normalized spacial score (nSPS) is 10.3. The van der Waals surface area contributed by atoms with Gasteiger partial charge in [0.1, 0.15) is 0 Å². The Morgan fingerprint density at radius 2 is 1.94 bits per heavy atom. The van der Waals surface area contributed by atoms with Crippen molar-refractivity contribution < 1.29 is 4.79 Å². The number of anilines is 2. The molecule has 0 fully saturated rings. The first-order valence-corrected chi connectivity index (χ1v) is 5.70. The molecule has 88 valence electrons. The lowest BCUT2D eigenvalue weighted by Crippen LogP contribution is -2.14. The predicted molar refractivity (Wildman–Crippen MR) is 68.9 cm³/mol. The zero-order valence-electron chi connectivity index (χ0n) is 10.4. The van der Waals surface area contributed by atoms with Crippen LogP contribution < -0.4 is 10.6 Å². The average Bonchev–Trinajstić information content (AvgIpc) is 2.23. The maximum absolute atomic E-state index is 11.3. The molecule has 2 N–H and O–H groups in total. The van der Waals surface area contributed by atoms with Crippen LogP contribution >= 0.6 is 0 Å². The van der Waals surface area contributed by atoms with Crippen LogP contribution in [0.4, 0.5) is 11.4 Å². The quantitative estimate of drug-likeness (QED) is 0.818. The van der Waals surface area contributed by atoms with E-state index in [1.807, 2.05) is 32.0 Å². The first kappa shape index (κ1) is 12.6. The van der Waals surface area contributed by atoms with Gasteiger partial charge in [0, 0.05) is 23.8 Å². The molecule has 0 heterocycles. The van der Waals surface area contributed by atoms with Crippen molar-refractivity contribution in [1.29, 1.82) is 0 Å². The molecule has 0 aromatic heterocycles. The molecule has 3 heteroatoms. The van der Waals surface area contributed by atoms with E-state index in [1.165, 1.54) is 0 Å². The minimum atomic E-state index is 0.0461. The van der Waals surface area contributed by atoms with Crippen molar-refractivity contribution in [1.82, 2.24) is 0 Å². The van der Waals surface area contributed by atoms with Crippen LogP contribution in [0.3, 0.4) is 0 Å². The number of hydrogen-bond acceptors (Lipinski definition) is 2. The maximum Gasteiger partial charge on any atom is 0.224 e. The zero-order valence-corrected chi connectivity index (χ0v) is 10.4. The second kappa shape index (κ2) is 5.54. The fourth-order valence-corrected chi connectivity index (χ4v) is 1.48. The van der Waals surface area contributed by atoms with Crippen molar-refractivity contribution in [3.63, 3.8) is 0 Å². The van der Waals surface area contributed by atoms with E-state index in [-0.39, 0.29) is 5.91 Å². The summed E-state index contributed by atoms with van der Waals surface area (Å²) < 4.78 is 0. The van der Waals surface area contributed by atoms with Crippen molar-refractivity contribution in [3.05, 3.63) is 23.8 Å². The summed E-state index contributed by atoms with van der Waals surface area (Å²) in [7, 11) is 0. The van der Waals surface area contributed by atoms with Gasteiger partial charge in [-0.1, -0.05) is 13.0 Å². The number of nitrogens with one attached hydrogen (secondary N) is 2. The van der Waals surface area contributed by atoms with E-state index in [9.17, 15) is 4.79 Å². The summed E-state index contributed by atoms with van der Waals surface area (Å²) in [5.41, 5.74) is 3.04. The Hall–Kier alpha value is -1.51. The van der Waals surface area contributed by atoms with E-state index in [1.54, 1.807) is 0 Å². The summed E-state index contributed by atoms with van der Waals surface area (Å²) in [5.74, 6) is 0.0461. The van der Waals surface area contributed by atoms with Gasteiger partial charge in [-0.25, -0.2) is 0 Å². The molecule has 1 amide bonds. The van der Waals surface area contributed by atoms with Crippen molar-refractivity contribution in [2.45, 2.75) is 40.2 Å². The molecule has 0 aliphatic rings. The van der Waals surface area contributed by atoms with E-state index in [0.29, 0.717) is 12.5 Å². The molecule has 0 aliphatic heterocycles. The number of hydrogen-bond donors (Lipinski definition) is 2. The Morgan fingerprint density at radius 1 is 1.31 bits per heavy atom. The molecule has 1 rings (SSSR count). The standard InChI is InChI=1S/C13H20N2O/c1-5-13(16)15-12-8-6-7-11(10(12)4)14-9(2)3/h6-9,14H,5H2,1-4H3,(H,15,16). The van der Waals surface area contributed by atoms with Crippen molar-refractivity contribution in [2.24, 2.45) is 0 Å². The largest absolute Gasteiger partial charge is 0.383 e. The zero-order chi connectivity index (χ0) is 12.1. The number of carbonyl (C=O) groups is 1. The third-order valence-corrected chi connectivity index (χ3v) is 2.37. The summed E-state index contributed by atoms with van der Waals surface area (Å²) in [6, 6.07) is 6.28. The lowest BCUT2D eigenvalue weighted by molar-refractivity contribution is -0.115. The van der Waals surface area contributed by atoms with Crippen LogP contribution in [0.15, 0.2) is 18.2 Å². The Balaban J connectivity index is 2.90. The Labute approximate surface area is 97.2 Å². The van der Waals surface area contributed by atoms with Crippen LogP contribution in [0.2, 0.25) is 0 Å². The van der Waals surface area contributed by atoms with Gasteiger partial charge in [0.15, 0.2) is 0 Å². The minimum Gasteiger partial charge on any atom is -0.383 e. The molecule has 0 spiro atoms. The summed E-state index contributed by atoms with van der Waals surface area (Å²) in [5, 5.41) is 6.25. The average molecular weight is 220 g/mol. The van der Waals surface area contributed by atoms with Crippen molar-refractivity contribution in [2.75, 3.05) is 10.6 Å². The van der Waals surface area contributed by atoms with Gasteiger partial charge in [-0.05, 0) is 38.5 Å². The summed E-state index contributed by atoms with van der Waals surface area (Å²) in [6.07, 6.45) is 0.501. The van der Waals surface area contributed by atoms with Crippen molar-refractivity contribution >= 4 is 17.3 Å². The van der Waals surface area contributed by atoms with Gasteiger partial charge >= 0.3 is 0 Å². The smallest absolute Gasteiger partial charge is 0.224 e. The minimum absolute atomic E-state index is 0.0461. The van der Waals surface area contributed by atoms with E-state index in [2.05, 4.69) is 24.5 Å². The van der Waals surface area contributed by atoms with Crippen LogP contribution in [0, 0.1) is 6.92 Å². The first-order valence-electron chi connectivity index (χ1n) is 5.70. The van der Waals surface area contributed by atoms with Gasteiger partial charge in [-0.15, -0.1) is 0 Å². The summed E-state index contributed by atoms with van der Waals surface area (Å²) in [6.45, 7) is 8.05. The van der Waals surface area contributed by atoms with Gasteiger partial charge in [0.2, 0.25) is 5.91 Å². The third kappa shape index (κ3) is 3.26. The van der Waals surface area contributed by atoms with Crippen molar-refractivity contribution in [3.8, 4) is 0 Å². The Kier molecular flexibility index (Phi) is 4.35. The molecule has 1 aromatic rings. The van der Waals surface area contributed by atoms with Crippen LogP contribution in [0.25, 0.3) is 0 Å². The number of amides is 1. The monoisotopic (exact) mass is 220 g/mol. The van der Waals surface area contributed by atoms with Gasteiger partial charge < -0.3 is 10.6 Å². The molecular formula is C13H20N2O. The van der Waals surface area contributed by atoms with Gasteiger partial charge in [0.25, 0.3) is 0 Å². The second-order valence-electron chi connectivity index (χ2n) is 4.18. The number of rotatable bonds is 4. The van der Waals surface area contributed by atoms with Gasteiger partial charge in [0.05, 0.1) is 0 Å². The molecule has 0 saturated heterocycles. The summed E-state index contributed by atoms with van der Waals surface area (Å²) >= 11 is 0. The lowest BCUT2D eigenvalue weighted by atomic mass is 10.1. The first-order chi connectivity index (χ1) is 7.54. The Bertz CT molecular complexity index is 372. The van der Waals surface area contributed by atoms with Gasteiger partial charge in [-0.2, -0.15) is 0 Å². The predicted octanol–water partition coefficient (Wildman–Crippen LogP) is 3.16. The maximum atomic E-state index is 11.3. The highest BCUT2D eigenvalue weighted by molar-refractivity contribution is 5.92. The molecule has 3 nitrogen and oxygen atoms in total. The molecule has 0 unspecified atom stereocenters. The van der Waals surface area contributed by atoms with Gasteiger partial charge in [-0.3, -0.25) is 4.79 Å². The van der Waals surface area contributed by atoms with Crippen LogP contribution in [0.1, 0.15) is 32.8 Å². The third-order valence-electron chi connectivity index (χ3n) is 2.37. The van der Waals surface area contributed by atoms with Crippen LogP contribution in [-0.2, 0) is 4.79 Å². The molecule has 0 bridgehead atoms. The van der Waals surface area contributed by atoms with E-state index >= 15 is 0 Å². The highest BCUT2D eigenvalue weighted by atomic mass is 16.1. The van der Waals surface area contributed by atoms with E-state index in [0.717, 1.165) is 16.9 Å². The van der Waals surface area contributed by atoms with E-state index in [4.69, 9.17) is 0 Å². The lowest BCUT2D eigenvalue weighted by Gasteiger charge is -2.16. The van der Waals surface area contributed by atoms with E-state index < -0.39 is 0 Å². The SMILES string of the molecule is CCC(=O)Nc1cccc(NC(C)C)c1C. The number of benzene rings is 1. The second-order valence-corrected chi connectivity index (χ2v) is 4.18. The molecule has 0 atom stereocenters. The number of carbonyl (C=O) groups excluding carboxylic acids is 1. The van der Waals surface area contributed by atoms with Crippen LogP contribution in [-0.4, -0.2) is 11.9 Å². The molecule has 16 heavy (non-hydrogen) atoms. The fraction of sp³-hybridized carbons (Fsp3) is 0.462. The molecule has 0 aliphatic carbocycles. The molecule has 0 saturated carbocycles. The molecule has 1 aromatic carbocycles. The topological polar surface area (TPSA) is 41.1 Å². The molecular weight excluding hydrogens is 200 g/mol. The highest BCUT2D eigenvalue weighted by Gasteiger charge is 2.06. The Morgan fingerprint density at radius 3 is 2.50 bits per heavy atom. The summed E-state index contributed by atoms with van der Waals surface area (Å²) in [4.78, 5) is 11.3.